The minimum Gasteiger partial charge on any atom is -0.399 e. The first-order valence-corrected chi connectivity index (χ1v) is 5.21. The fourth-order valence-electron chi connectivity index (χ4n) is 1.81. The maximum atomic E-state index is 5.85. The maximum absolute atomic E-state index is 5.85. The highest BCUT2D eigenvalue weighted by atomic mass is 35.5. The van der Waals surface area contributed by atoms with Crippen LogP contribution in [0.2, 0.25) is 5.15 Å². The van der Waals surface area contributed by atoms with Gasteiger partial charge in [-0.2, -0.15) is 0 Å². The molecule has 1 aliphatic rings. The first-order valence-electron chi connectivity index (χ1n) is 4.83. The molecule has 1 aliphatic heterocycles. The monoisotopic (exact) mass is 211 g/mol. The average Bonchev–Trinajstić information content (AvgIpc) is 2.50. The zero-order valence-electron chi connectivity index (χ0n) is 8.20. The van der Waals surface area contributed by atoms with Gasteiger partial charge < -0.3 is 10.6 Å². The van der Waals surface area contributed by atoms with Gasteiger partial charge in [0.2, 0.25) is 0 Å². The third kappa shape index (κ3) is 1.93. The first-order chi connectivity index (χ1) is 6.65. The van der Waals surface area contributed by atoms with Crippen LogP contribution < -0.4 is 10.6 Å². The van der Waals surface area contributed by atoms with Crippen molar-refractivity contribution in [1.29, 1.82) is 0 Å². The van der Waals surface area contributed by atoms with E-state index < -0.39 is 0 Å². The Bertz CT molecular complexity index is 320. The second kappa shape index (κ2) is 3.65. The van der Waals surface area contributed by atoms with Gasteiger partial charge in [0, 0.05) is 24.8 Å². The highest BCUT2D eigenvalue weighted by Gasteiger charge is 2.20. The van der Waals surface area contributed by atoms with E-state index in [-0.39, 0.29) is 0 Å². The van der Waals surface area contributed by atoms with Gasteiger partial charge in [0.25, 0.3) is 0 Å². The van der Waals surface area contributed by atoms with Gasteiger partial charge in [0.1, 0.15) is 11.0 Å². The van der Waals surface area contributed by atoms with E-state index in [2.05, 4.69) is 16.8 Å². The van der Waals surface area contributed by atoms with Crippen molar-refractivity contribution in [2.45, 2.75) is 13.3 Å². The Morgan fingerprint density at radius 3 is 2.93 bits per heavy atom. The van der Waals surface area contributed by atoms with Crippen LogP contribution >= 0.6 is 11.6 Å². The van der Waals surface area contributed by atoms with Crippen LogP contribution in [-0.2, 0) is 0 Å². The van der Waals surface area contributed by atoms with Crippen LogP contribution in [0.4, 0.5) is 11.5 Å². The second-order valence-electron chi connectivity index (χ2n) is 3.92. The van der Waals surface area contributed by atoms with Crippen molar-refractivity contribution in [3.8, 4) is 0 Å². The van der Waals surface area contributed by atoms with Gasteiger partial charge in [-0.05, 0) is 18.4 Å². The largest absolute Gasteiger partial charge is 0.399 e. The molecule has 1 fully saturated rings. The Labute approximate surface area is 88.9 Å². The molecule has 1 unspecified atom stereocenters. The van der Waals surface area contributed by atoms with E-state index in [4.69, 9.17) is 17.3 Å². The molecule has 76 valence electrons. The average molecular weight is 212 g/mol. The molecule has 1 saturated heterocycles. The number of anilines is 2. The maximum Gasteiger partial charge on any atom is 0.133 e. The van der Waals surface area contributed by atoms with E-state index in [0.29, 0.717) is 10.8 Å². The van der Waals surface area contributed by atoms with E-state index in [0.717, 1.165) is 24.8 Å². The van der Waals surface area contributed by atoms with Crippen molar-refractivity contribution in [3.05, 3.63) is 17.3 Å². The fourth-order valence-corrected chi connectivity index (χ4v) is 2.02. The van der Waals surface area contributed by atoms with Crippen molar-refractivity contribution < 1.29 is 0 Å². The second-order valence-corrected chi connectivity index (χ2v) is 4.31. The van der Waals surface area contributed by atoms with Gasteiger partial charge >= 0.3 is 0 Å². The third-order valence-corrected chi connectivity index (χ3v) is 2.74. The van der Waals surface area contributed by atoms with Crippen LogP contribution in [0.3, 0.4) is 0 Å². The van der Waals surface area contributed by atoms with E-state index in [1.807, 2.05) is 6.07 Å². The molecule has 2 rings (SSSR count). The molecule has 4 heteroatoms. The number of hydrogen-bond acceptors (Lipinski definition) is 3. The van der Waals surface area contributed by atoms with Crippen molar-refractivity contribution in [3.63, 3.8) is 0 Å². The zero-order valence-corrected chi connectivity index (χ0v) is 8.96. The molecule has 14 heavy (non-hydrogen) atoms. The van der Waals surface area contributed by atoms with Crippen molar-refractivity contribution in [2.75, 3.05) is 23.7 Å². The SMILES string of the molecule is CC1CCN(c2cc(N)cc(Cl)n2)C1. The van der Waals surface area contributed by atoms with E-state index in [1.165, 1.54) is 6.42 Å². The molecule has 0 saturated carbocycles. The molecule has 0 aliphatic carbocycles. The molecule has 0 radical (unpaired) electrons. The number of aromatic nitrogens is 1. The molecule has 1 aromatic heterocycles. The Kier molecular flexibility index (Phi) is 2.50. The molecule has 0 bridgehead atoms. The molecule has 1 atom stereocenters. The van der Waals surface area contributed by atoms with Crippen molar-refractivity contribution in [1.82, 2.24) is 4.98 Å². The molecule has 0 aromatic carbocycles. The smallest absolute Gasteiger partial charge is 0.133 e. The quantitative estimate of drug-likeness (QED) is 0.724. The van der Waals surface area contributed by atoms with Gasteiger partial charge in [0.15, 0.2) is 0 Å². The normalized spacial score (nSPS) is 21.6. The van der Waals surface area contributed by atoms with Gasteiger partial charge in [-0.3, -0.25) is 0 Å². The Hall–Kier alpha value is -0.960. The van der Waals surface area contributed by atoms with Crippen molar-refractivity contribution >= 4 is 23.1 Å². The summed E-state index contributed by atoms with van der Waals surface area (Å²) in [6.45, 7) is 4.34. The zero-order chi connectivity index (χ0) is 10.1. The Morgan fingerprint density at radius 1 is 1.57 bits per heavy atom. The van der Waals surface area contributed by atoms with E-state index >= 15 is 0 Å². The number of pyridine rings is 1. The number of halogens is 1. The van der Waals surface area contributed by atoms with E-state index in [9.17, 15) is 0 Å². The van der Waals surface area contributed by atoms with E-state index in [1.54, 1.807) is 6.07 Å². The summed E-state index contributed by atoms with van der Waals surface area (Å²) in [6, 6.07) is 3.55. The molecule has 2 N–H and O–H groups in total. The lowest BCUT2D eigenvalue weighted by Crippen LogP contribution is -2.20. The predicted molar refractivity (Wildman–Crippen MR) is 59.7 cm³/mol. The highest BCUT2D eigenvalue weighted by Crippen LogP contribution is 2.25. The van der Waals surface area contributed by atoms with Gasteiger partial charge in [-0.25, -0.2) is 4.98 Å². The van der Waals surface area contributed by atoms with Gasteiger partial charge in [-0.15, -0.1) is 0 Å². The van der Waals surface area contributed by atoms with Crippen LogP contribution in [0.1, 0.15) is 13.3 Å². The topological polar surface area (TPSA) is 42.1 Å². The number of nitrogen functional groups attached to an aromatic ring is 1. The summed E-state index contributed by atoms with van der Waals surface area (Å²) in [5.74, 6) is 1.64. The number of nitrogens with zero attached hydrogens (tertiary/aromatic N) is 2. The van der Waals surface area contributed by atoms with Gasteiger partial charge in [0.05, 0.1) is 0 Å². The summed E-state index contributed by atoms with van der Waals surface area (Å²) in [7, 11) is 0. The van der Waals surface area contributed by atoms with Crippen LogP contribution in [0.15, 0.2) is 12.1 Å². The molecule has 0 spiro atoms. The predicted octanol–water partition coefficient (Wildman–Crippen LogP) is 2.16. The Balaban J connectivity index is 2.23. The molecular formula is C10H14ClN3. The van der Waals surface area contributed by atoms with Crippen LogP contribution in [0.5, 0.6) is 0 Å². The molecule has 3 nitrogen and oxygen atoms in total. The van der Waals surface area contributed by atoms with Crippen molar-refractivity contribution in [2.24, 2.45) is 5.92 Å². The van der Waals surface area contributed by atoms with Crippen LogP contribution in [0.25, 0.3) is 0 Å². The molecular weight excluding hydrogens is 198 g/mol. The lowest BCUT2D eigenvalue weighted by molar-refractivity contribution is 0.659. The summed E-state index contributed by atoms with van der Waals surface area (Å²) in [5.41, 5.74) is 6.39. The number of nitrogens with two attached hydrogens (primary N) is 1. The summed E-state index contributed by atoms with van der Waals surface area (Å²) in [5, 5.41) is 0.472. The molecule has 2 heterocycles. The lowest BCUT2D eigenvalue weighted by Gasteiger charge is -2.17. The standard InChI is InChI=1S/C10H14ClN3/c1-7-2-3-14(6-7)10-5-8(12)4-9(11)13-10/h4-5,7H,2-3,6H2,1H3,(H2,12,13). The molecule has 0 amide bonds. The number of hydrogen-bond donors (Lipinski definition) is 1. The summed E-state index contributed by atoms with van der Waals surface area (Å²) < 4.78 is 0. The van der Waals surface area contributed by atoms with Crippen LogP contribution in [0, 0.1) is 5.92 Å². The summed E-state index contributed by atoms with van der Waals surface area (Å²) in [4.78, 5) is 6.49. The summed E-state index contributed by atoms with van der Waals surface area (Å²) in [6.07, 6.45) is 1.22. The minimum atomic E-state index is 0.472. The highest BCUT2D eigenvalue weighted by molar-refractivity contribution is 6.29. The van der Waals surface area contributed by atoms with Gasteiger partial charge in [-0.1, -0.05) is 18.5 Å². The van der Waals surface area contributed by atoms with Crippen LogP contribution in [-0.4, -0.2) is 18.1 Å². The lowest BCUT2D eigenvalue weighted by atomic mass is 10.2. The minimum absolute atomic E-state index is 0.472. The first kappa shape index (κ1) is 9.59. The summed E-state index contributed by atoms with van der Waals surface area (Å²) >= 11 is 5.85. The third-order valence-electron chi connectivity index (χ3n) is 2.55. The number of rotatable bonds is 1. The Morgan fingerprint density at radius 2 is 2.36 bits per heavy atom. The fraction of sp³-hybridized carbons (Fsp3) is 0.500. The molecule has 1 aromatic rings.